The van der Waals surface area contributed by atoms with Gasteiger partial charge in [-0.05, 0) is 26.7 Å². The van der Waals surface area contributed by atoms with Gasteiger partial charge in [-0.2, -0.15) is 5.10 Å². The van der Waals surface area contributed by atoms with Gasteiger partial charge >= 0.3 is 0 Å². The van der Waals surface area contributed by atoms with Crippen molar-refractivity contribution in [3.63, 3.8) is 0 Å². The summed E-state index contributed by atoms with van der Waals surface area (Å²) in [5, 5.41) is 7.38. The van der Waals surface area contributed by atoms with Gasteiger partial charge in [-0.25, -0.2) is 0 Å². The molecule has 1 saturated carbocycles. The molecule has 5 nitrogen and oxygen atoms in total. The lowest BCUT2D eigenvalue weighted by molar-refractivity contribution is -0.126. The minimum atomic E-state index is -0.0222. The summed E-state index contributed by atoms with van der Waals surface area (Å²) in [4.78, 5) is 12.2. The van der Waals surface area contributed by atoms with Crippen molar-refractivity contribution in [2.45, 2.75) is 52.1 Å². The third kappa shape index (κ3) is 2.97. The number of nitrogens with two attached hydrogens (primary N) is 1. The van der Waals surface area contributed by atoms with Gasteiger partial charge in [0.25, 0.3) is 0 Å². The van der Waals surface area contributed by atoms with Crippen molar-refractivity contribution in [1.29, 1.82) is 0 Å². The summed E-state index contributed by atoms with van der Waals surface area (Å²) >= 11 is 0. The van der Waals surface area contributed by atoms with Crippen LogP contribution in [0, 0.1) is 19.8 Å². The Morgan fingerprint density at radius 2 is 2.11 bits per heavy atom. The number of nitrogens with zero attached hydrogens (tertiary/aromatic N) is 2. The first kappa shape index (κ1) is 14.1. The largest absolute Gasteiger partial charge is 0.352 e. The minimum Gasteiger partial charge on any atom is -0.352 e. The van der Waals surface area contributed by atoms with Gasteiger partial charge in [-0.15, -0.1) is 0 Å². The fourth-order valence-electron chi connectivity index (χ4n) is 2.86. The molecule has 3 N–H and O–H groups in total. The molecule has 106 valence electrons. The van der Waals surface area contributed by atoms with Crippen molar-refractivity contribution in [2.75, 3.05) is 0 Å². The van der Waals surface area contributed by atoms with E-state index in [1.807, 2.05) is 25.6 Å². The Labute approximate surface area is 114 Å². The Morgan fingerprint density at radius 1 is 1.42 bits per heavy atom. The molecule has 0 spiro atoms. The number of carbonyl (C=O) groups is 1. The maximum Gasteiger partial charge on any atom is 0.224 e. The lowest BCUT2D eigenvalue weighted by atomic mass is 9.84. The third-order valence-corrected chi connectivity index (χ3v) is 4.25. The fraction of sp³-hybridized carbons (Fsp3) is 0.714. The third-order valence-electron chi connectivity index (χ3n) is 4.25. The number of rotatable bonds is 3. The van der Waals surface area contributed by atoms with Crippen LogP contribution in [0.4, 0.5) is 0 Å². The molecule has 1 amide bonds. The smallest absolute Gasteiger partial charge is 0.224 e. The van der Waals surface area contributed by atoms with E-state index in [0.717, 1.165) is 42.6 Å². The molecule has 0 bridgehead atoms. The number of hydrogen-bond acceptors (Lipinski definition) is 3. The SMILES string of the molecule is Cc1nn(C)c(C)c1CNC(=O)C1CCCCC1N. The zero-order valence-electron chi connectivity index (χ0n) is 12.1. The Balaban J connectivity index is 1.96. The van der Waals surface area contributed by atoms with Crippen LogP contribution in [0.5, 0.6) is 0 Å². The first-order valence-electron chi connectivity index (χ1n) is 7.03. The van der Waals surface area contributed by atoms with Crippen molar-refractivity contribution in [2.24, 2.45) is 18.7 Å². The van der Waals surface area contributed by atoms with Crippen LogP contribution >= 0.6 is 0 Å². The molecule has 1 aromatic heterocycles. The quantitative estimate of drug-likeness (QED) is 0.860. The van der Waals surface area contributed by atoms with Crippen LogP contribution in [0.3, 0.4) is 0 Å². The van der Waals surface area contributed by atoms with E-state index in [2.05, 4.69) is 10.4 Å². The molecule has 5 heteroatoms. The van der Waals surface area contributed by atoms with Crippen molar-refractivity contribution in [3.05, 3.63) is 17.0 Å². The summed E-state index contributed by atoms with van der Waals surface area (Å²) in [5.74, 6) is 0.0703. The highest BCUT2D eigenvalue weighted by molar-refractivity contribution is 5.79. The lowest BCUT2D eigenvalue weighted by Crippen LogP contribution is -2.43. The van der Waals surface area contributed by atoms with Crippen molar-refractivity contribution >= 4 is 5.91 Å². The van der Waals surface area contributed by atoms with Crippen LogP contribution < -0.4 is 11.1 Å². The molecule has 1 aromatic rings. The molecular weight excluding hydrogens is 240 g/mol. The second-order valence-electron chi connectivity index (χ2n) is 5.55. The Hall–Kier alpha value is -1.36. The van der Waals surface area contributed by atoms with E-state index in [-0.39, 0.29) is 17.9 Å². The van der Waals surface area contributed by atoms with Gasteiger partial charge in [0, 0.05) is 30.9 Å². The van der Waals surface area contributed by atoms with Crippen LogP contribution in [0.2, 0.25) is 0 Å². The highest BCUT2D eigenvalue weighted by atomic mass is 16.1. The Kier molecular flexibility index (Phi) is 4.24. The molecule has 1 aliphatic carbocycles. The molecule has 1 heterocycles. The summed E-state index contributed by atoms with van der Waals surface area (Å²) in [6, 6.07) is 0.0184. The first-order valence-corrected chi connectivity index (χ1v) is 7.03. The highest BCUT2D eigenvalue weighted by Crippen LogP contribution is 2.23. The van der Waals surface area contributed by atoms with Gasteiger partial charge in [0.1, 0.15) is 0 Å². The molecule has 0 saturated heterocycles. The predicted molar refractivity (Wildman–Crippen MR) is 74.5 cm³/mol. The molecule has 19 heavy (non-hydrogen) atoms. The van der Waals surface area contributed by atoms with E-state index in [4.69, 9.17) is 5.73 Å². The first-order chi connectivity index (χ1) is 9.00. The molecular formula is C14H24N4O. The Bertz CT molecular complexity index is 466. The van der Waals surface area contributed by atoms with Crippen molar-refractivity contribution in [1.82, 2.24) is 15.1 Å². The van der Waals surface area contributed by atoms with Crippen LogP contribution in [0.15, 0.2) is 0 Å². The van der Waals surface area contributed by atoms with E-state index >= 15 is 0 Å². The van der Waals surface area contributed by atoms with Crippen LogP contribution in [0.25, 0.3) is 0 Å². The summed E-state index contributed by atoms with van der Waals surface area (Å²) in [5.41, 5.74) is 9.23. The average molecular weight is 264 g/mol. The normalized spacial score (nSPS) is 23.4. The maximum atomic E-state index is 12.2. The summed E-state index contributed by atoms with van der Waals surface area (Å²) in [6.07, 6.45) is 4.13. The van der Waals surface area contributed by atoms with E-state index in [0.29, 0.717) is 6.54 Å². The maximum absolute atomic E-state index is 12.2. The van der Waals surface area contributed by atoms with E-state index in [1.165, 1.54) is 0 Å². The predicted octanol–water partition coefficient (Wildman–Crippen LogP) is 1.17. The summed E-state index contributed by atoms with van der Waals surface area (Å²) in [7, 11) is 1.92. The number of amides is 1. The highest BCUT2D eigenvalue weighted by Gasteiger charge is 2.28. The molecule has 0 radical (unpaired) electrons. The number of carbonyl (C=O) groups excluding carboxylic acids is 1. The van der Waals surface area contributed by atoms with Gasteiger partial charge < -0.3 is 11.1 Å². The topological polar surface area (TPSA) is 72.9 Å². The van der Waals surface area contributed by atoms with Gasteiger partial charge in [-0.1, -0.05) is 12.8 Å². The van der Waals surface area contributed by atoms with Gasteiger partial charge in [-0.3, -0.25) is 9.48 Å². The number of aromatic nitrogens is 2. The number of nitrogens with one attached hydrogen (secondary N) is 1. The molecule has 1 fully saturated rings. The second-order valence-corrected chi connectivity index (χ2v) is 5.55. The van der Waals surface area contributed by atoms with Gasteiger partial charge in [0.15, 0.2) is 0 Å². The summed E-state index contributed by atoms with van der Waals surface area (Å²) in [6.45, 7) is 4.54. The van der Waals surface area contributed by atoms with E-state index in [1.54, 1.807) is 0 Å². The monoisotopic (exact) mass is 264 g/mol. The van der Waals surface area contributed by atoms with Crippen molar-refractivity contribution in [3.8, 4) is 0 Å². The number of aryl methyl sites for hydroxylation is 2. The zero-order valence-corrected chi connectivity index (χ0v) is 12.1. The standard InChI is InChI=1S/C14H24N4O/c1-9-12(10(2)18(3)17-9)8-16-14(19)11-6-4-5-7-13(11)15/h11,13H,4-8,15H2,1-3H3,(H,16,19). The zero-order chi connectivity index (χ0) is 14.0. The second kappa shape index (κ2) is 5.74. The number of hydrogen-bond donors (Lipinski definition) is 2. The molecule has 2 unspecified atom stereocenters. The van der Waals surface area contributed by atoms with Crippen LogP contribution in [-0.2, 0) is 18.4 Å². The summed E-state index contributed by atoms with van der Waals surface area (Å²) < 4.78 is 1.85. The van der Waals surface area contributed by atoms with Gasteiger partial charge in [0.05, 0.1) is 11.6 Å². The van der Waals surface area contributed by atoms with E-state index < -0.39 is 0 Å². The fourth-order valence-corrected chi connectivity index (χ4v) is 2.86. The Morgan fingerprint density at radius 3 is 2.68 bits per heavy atom. The van der Waals surface area contributed by atoms with Gasteiger partial charge in [0.2, 0.25) is 5.91 Å². The van der Waals surface area contributed by atoms with Crippen LogP contribution in [-0.4, -0.2) is 21.7 Å². The van der Waals surface area contributed by atoms with Crippen LogP contribution in [0.1, 0.15) is 42.6 Å². The molecule has 0 aliphatic heterocycles. The molecule has 2 rings (SSSR count). The van der Waals surface area contributed by atoms with E-state index in [9.17, 15) is 4.79 Å². The minimum absolute atomic E-state index is 0.0184. The average Bonchev–Trinajstić information content (AvgIpc) is 2.61. The molecule has 1 aliphatic rings. The van der Waals surface area contributed by atoms with Crippen molar-refractivity contribution < 1.29 is 4.79 Å². The lowest BCUT2D eigenvalue weighted by Gasteiger charge is -2.27. The molecule has 2 atom stereocenters. The molecule has 0 aromatic carbocycles.